The Bertz CT molecular complexity index is 1350. The Morgan fingerprint density at radius 2 is 1.56 bits per heavy atom. The highest BCUT2D eigenvalue weighted by Crippen LogP contribution is 2.19. The fourth-order valence-corrected chi connectivity index (χ4v) is 4.85. The van der Waals surface area contributed by atoms with E-state index in [2.05, 4.69) is 33.6 Å². The number of thiol groups is 1. The van der Waals surface area contributed by atoms with Gasteiger partial charge >= 0.3 is 5.97 Å². The van der Waals surface area contributed by atoms with Crippen molar-refractivity contribution in [3.8, 4) is 5.75 Å². The number of aromatic amines is 1. The average molecular weight is 602 g/mol. The van der Waals surface area contributed by atoms with Crippen molar-refractivity contribution in [2.24, 2.45) is 5.73 Å². The number of thioether (sulfide) groups is 1. The molecular weight excluding hydrogens is 566 g/mol. The number of carbonyl (C=O) groups is 4. The Morgan fingerprint density at radius 1 is 0.927 bits per heavy atom. The van der Waals surface area contributed by atoms with Crippen LogP contribution in [0.25, 0.3) is 10.9 Å². The largest absolute Gasteiger partial charge is 0.508 e. The van der Waals surface area contributed by atoms with Gasteiger partial charge in [0.25, 0.3) is 0 Å². The number of para-hydroxylation sites is 1. The van der Waals surface area contributed by atoms with Gasteiger partial charge in [-0.25, -0.2) is 4.79 Å². The van der Waals surface area contributed by atoms with Gasteiger partial charge in [-0.1, -0.05) is 30.3 Å². The molecule has 0 saturated heterocycles. The van der Waals surface area contributed by atoms with Crippen molar-refractivity contribution in [2.75, 3.05) is 17.8 Å². The Kier molecular flexibility index (Phi) is 11.9. The van der Waals surface area contributed by atoms with Gasteiger partial charge in [0.2, 0.25) is 17.7 Å². The predicted molar refractivity (Wildman–Crippen MR) is 162 cm³/mol. The predicted octanol–water partition coefficient (Wildman–Crippen LogP) is 1.21. The molecule has 220 valence electrons. The Morgan fingerprint density at radius 3 is 2.22 bits per heavy atom. The van der Waals surface area contributed by atoms with Gasteiger partial charge in [-0.05, 0) is 47.8 Å². The first-order valence-corrected chi connectivity index (χ1v) is 15.0. The molecule has 0 aliphatic rings. The number of phenols is 1. The van der Waals surface area contributed by atoms with Crippen LogP contribution in [-0.2, 0) is 32.0 Å². The number of aromatic hydroxyl groups is 1. The molecule has 8 N–H and O–H groups in total. The number of carboxylic acids is 1. The molecule has 3 rings (SSSR count). The van der Waals surface area contributed by atoms with Crippen LogP contribution >= 0.6 is 24.4 Å². The van der Waals surface area contributed by atoms with E-state index in [1.54, 1.807) is 18.3 Å². The second-order valence-electron chi connectivity index (χ2n) is 9.53. The molecule has 0 aliphatic heterocycles. The quantitative estimate of drug-likeness (QED) is 0.119. The lowest BCUT2D eigenvalue weighted by molar-refractivity contribution is -0.142. The van der Waals surface area contributed by atoms with E-state index in [1.165, 1.54) is 23.9 Å². The molecule has 0 spiro atoms. The first kappa shape index (κ1) is 31.8. The first-order chi connectivity index (χ1) is 19.6. The number of phenolic OH excluding ortho intramolecular Hbond substituents is 1. The molecule has 4 atom stereocenters. The Hall–Kier alpha value is -3.68. The molecule has 0 radical (unpaired) electrons. The summed E-state index contributed by atoms with van der Waals surface area (Å²) < 4.78 is 0. The molecular formula is C28H35N5O6S2. The summed E-state index contributed by atoms with van der Waals surface area (Å²) in [6, 6.07) is 9.19. The summed E-state index contributed by atoms with van der Waals surface area (Å²) in [7, 11) is 0. The maximum absolute atomic E-state index is 13.5. The zero-order valence-corrected chi connectivity index (χ0v) is 24.2. The van der Waals surface area contributed by atoms with E-state index >= 15 is 0 Å². The normalized spacial score (nSPS) is 14.0. The number of nitrogens with one attached hydrogen (secondary N) is 4. The van der Waals surface area contributed by atoms with Crippen LogP contribution in [0.15, 0.2) is 54.7 Å². The van der Waals surface area contributed by atoms with Crippen molar-refractivity contribution in [3.05, 3.63) is 65.9 Å². The zero-order valence-electron chi connectivity index (χ0n) is 22.5. The summed E-state index contributed by atoms with van der Waals surface area (Å²) in [4.78, 5) is 54.6. The van der Waals surface area contributed by atoms with Crippen molar-refractivity contribution in [1.82, 2.24) is 20.9 Å². The van der Waals surface area contributed by atoms with Gasteiger partial charge in [0, 0.05) is 35.7 Å². The van der Waals surface area contributed by atoms with Gasteiger partial charge < -0.3 is 36.9 Å². The first-order valence-electron chi connectivity index (χ1n) is 12.9. The van der Waals surface area contributed by atoms with Gasteiger partial charge in [-0.15, -0.1) is 0 Å². The van der Waals surface area contributed by atoms with Gasteiger partial charge in [-0.2, -0.15) is 24.4 Å². The van der Waals surface area contributed by atoms with Gasteiger partial charge in [0.05, 0.1) is 6.04 Å². The van der Waals surface area contributed by atoms with Gasteiger partial charge in [0.15, 0.2) is 0 Å². The van der Waals surface area contributed by atoms with Crippen molar-refractivity contribution in [1.29, 1.82) is 0 Å². The number of benzene rings is 2. The number of nitrogens with two attached hydrogens (primary N) is 1. The average Bonchev–Trinajstić information content (AvgIpc) is 3.37. The highest BCUT2D eigenvalue weighted by Gasteiger charge is 2.30. The minimum Gasteiger partial charge on any atom is -0.508 e. The lowest BCUT2D eigenvalue weighted by Crippen LogP contribution is -2.58. The maximum Gasteiger partial charge on any atom is 0.326 e. The molecule has 0 saturated carbocycles. The third-order valence-corrected chi connectivity index (χ3v) is 7.54. The Labute approximate surface area is 247 Å². The molecule has 3 aromatic rings. The van der Waals surface area contributed by atoms with Crippen LogP contribution < -0.4 is 21.7 Å². The molecule has 2 aromatic carbocycles. The summed E-state index contributed by atoms with van der Waals surface area (Å²) in [5.41, 5.74) is 8.08. The number of carbonyl (C=O) groups excluding carboxylic acids is 3. The minimum atomic E-state index is -1.27. The number of hydrogen-bond donors (Lipinski definition) is 8. The third-order valence-electron chi connectivity index (χ3n) is 6.50. The SMILES string of the molecule is CSCCC(NC(=O)C(Cc1c[nH]c2ccccc12)NC(=O)C(N)CS)C(=O)NC(Cc1ccc(O)cc1)C(=O)O. The summed E-state index contributed by atoms with van der Waals surface area (Å²) in [5.74, 6) is -2.46. The van der Waals surface area contributed by atoms with Crippen LogP contribution in [-0.4, -0.2) is 80.8 Å². The van der Waals surface area contributed by atoms with Crippen LogP contribution in [0.3, 0.4) is 0 Å². The fraction of sp³-hybridized carbons (Fsp3) is 0.357. The Balaban J connectivity index is 1.79. The number of amides is 3. The third kappa shape index (κ3) is 9.17. The molecule has 1 heterocycles. The van der Waals surface area contributed by atoms with E-state index in [1.807, 2.05) is 30.5 Å². The summed E-state index contributed by atoms with van der Waals surface area (Å²) in [6.45, 7) is 0. The minimum absolute atomic E-state index is 0.0224. The number of carboxylic acid groups (broad SMARTS) is 1. The fourth-order valence-electron chi connectivity index (χ4n) is 4.21. The van der Waals surface area contributed by atoms with Crippen molar-refractivity contribution < 1.29 is 29.4 Å². The summed E-state index contributed by atoms with van der Waals surface area (Å²) >= 11 is 5.53. The van der Waals surface area contributed by atoms with E-state index in [9.17, 15) is 29.4 Å². The van der Waals surface area contributed by atoms with Crippen LogP contribution in [0.1, 0.15) is 17.5 Å². The van der Waals surface area contributed by atoms with E-state index in [0.29, 0.717) is 11.3 Å². The number of H-pyrrole nitrogens is 1. The maximum atomic E-state index is 13.5. The zero-order chi connectivity index (χ0) is 29.9. The summed E-state index contributed by atoms with van der Waals surface area (Å²) in [5, 5.41) is 28.0. The van der Waals surface area contributed by atoms with Crippen LogP contribution in [0.4, 0.5) is 0 Å². The van der Waals surface area contributed by atoms with Gasteiger partial charge in [-0.3, -0.25) is 14.4 Å². The molecule has 0 fully saturated rings. The molecule has 0 aliphatic carbocycles. The highest BCUT2D eigenvalue weighted by atomic mass is 32.2. The smallest absolute Gasteiger partial charge is 0.326 e. The number of aromatic nitrogens is 1. The molecule has 3 amide bonds. The lowest BCUT2D eigenvalue weighted by Gasteiger charge is -2.25. The molecule has 11 nitrogen and oxygen atoms in total. The second kappa shape index (κ2) is 15.4. The lowest BCUT2D eigenvalue weighted by atomic mass is 10.0. The monoisotopic (exact) mass is 601 g/mol. The number of fused-ring (bicyclic) bond motifs is 1. The van der Waals surface area contributed by atoms with Crippen LogP contribution in [0.2, 0.25) is 0 Å². The van der Waals surface area contributed by atoms with E-state index in [-0.39, 0.29) is 30.8 Å². The van der Waals surface area contributed by atoms with Crippen molar-refractivity contribution >= 4 is 59.0 Å². The number of hydrogen-bond acceptors (Lipinski definition) is 8. The molecule has 41 heavy (non-hydrogen) atoms. The number of rotatable bonds is 15. The molecule has 13 heteroatoms. The van der Waals surface area contributed by atoms with E-state index in [0.717, 1.165) is 16.5 Å². The molecule has 0 bridgehead atoms. The standard InChI is InChI=1S/C28H35N5O6S2/c1-41-11-10-22(26(36)33-24(28(38)39)12-16-6-8-18(34)9-7-16)31-27(37)23(32-25(35)20(29)15-40)13-17-14-30-21-5-3-2-4-19(17)21/h2-9,14,20,22-24,30,34,40H,10-13,15,29H2,1H3,(H,31,37)(H,32,35)(H,33,36)(H,38,39). The van der Waals surface area contributed by atoms with Crippen LogP contribution in [0.5, 0.6) is 5.75 Å². The second-order valence-corrected chi connectivity index (χ2v) is 10.9. The highest BCUT2D eigenvalue weighted by molar-refractivity contribution is 7.98. The van der Waals surface area contributed by atoms with E-state index in [4.69, 9.17) is 5.73 Å². The van der Waals surface area contributed by atoms with Gasteiger partial charge in [0.1, 0.15) is 23.9 Å². The topological polar surface area (TPSA) is 187 Å². The summed E-state index contributed by atoms with van der Waals surface area (Å²) in [6.07, 6.45) is 3.94. The molecule has 1 aromatic heterocycles. The molecule has 4 unspecified atom stereocenters. The van der Waals surface area contributed by atoms with Crippen molar-refractivity contribution in [3.63, 3.8) is 0 Å². The van der Waals surface area contributed by atoms with Crippen LogP contribution in [0, 0.1) is 0 Å². The van der Waals surface area contributed by atoms with Crippen molar-refractivity contribution in [2.45, 2.75) is 43.4 Å². The van der Waals surface area contributed by atoms with E-state index < -0.39 is 47.9 Å². The number of aliphatic carboxylic acids is 1.